The van der Waals surface area contributed by atoms with Crippen LogP contribution in [0.3, 0.4) is 0 Å². The molecule has 4 aromatic rings. The third-order valence-corrected chi connectivity index (χ3v) is 10.9. The Bertz CT molecular complexity index is 1880. The average molecular weight is 617 g/mol. The maximum atomic E-state index is 13.6. The van der Waals surface area contributed by atoms with E-state index in [-0.39, 0.29) is 18.2 Å². The Kier molecular flexibility index (Phi) is 8.21. The predicted octanol–water partition coefficient (Wildman–Crippen LogP) is 4.22. The molecular weight excluding hydrogens is 586 g/mol. The predicted molar refractivity (Wildman–Crippen MR) is 156 cm³/mol. The molecule has 1 saturated heterocycles. The van der Waals surface area contributed by atoms with Crippen LogP contribution in [-0.2, 0) is 26.6 Å². The van der Waals surface area contributed by atoms with E-state index in [9.17, 15) is 30.4 Å². The number of hydrogen-bond donors (Lipinski definition) is 3. The molecule has 1 fully saturated rings. The quantitative estimate of drug-likeness (QED) is 0.258. The summed E-state index contributed by atoms with van der Waals surface area (Å²) in [6, 6.07) is 13.0. The van der Waals surface area contributed by atoms with Gasteiger partial charge in [0, 0.05) is 31.2 Å². The van der Waals surface area contributed by atoms with Crippen LogP contribution in [-0.4, -0.2) is 50.9 Å². The van der Waals surface area contributed by atoms with Crippen LogP contribution >= 0.6 is 0 Å². The van der Waals surface area contributed by atoms with E-state index in [1.165, 1.54) is 4.31 Å². The zero-order valence-corrected chi connectivity index (χ0v) is 24.4. The molecule has 42 heavy (non-hydrogen) atoms. The first kappa shape index (κ1) is 29.8. The van der Waals surface area contributed by atoms with Crippen molar-refractivity contribution in [2.45, 2.75) is 37.1 Å². The largest absolute Gasteiger partial charge is 0.366 e. The Balaban J connectivity index is 1.43. The molecule has 4 N–H and O–H groups in total. The number of nitrogens with one attached hydrogen (secondary N) is 2. The lowest BCUT2D eigenvalue weighted by Crippen LogP contribution is -2.38. The summed E-state index contributed by atoms with van der Waals surface area (Å²) in [4.78, 5) is 15.2. The molecule has 1 aromatic heterocycles. The van der Waals surface area contributed by atoms with Crippen molar-refractivity contribution in [1.82, 2.24) is 14.0 Å². The monoisotopic (exact) mass is 616 g/mol. The van der Waals surface area contributed by atoms with Crippen LogP contribution in [0.2, 0.25) is 0 Å². The van der Waals surface area contributed by atoms with Gasteiger partial charge in [-0.05, 0) is 84.3 Å². The molecule has 2 heterocycles. The standard InChI is InChI=1S/C29H30F2N4O5S2/c1-2-41(37,38)35-10-8-19(9-11-35)25-17-33-28-23(25)13-21(14-24(28)29(32)36)20-5-3-4-18(12-20)16-34-42(39,40)22-6-7-26(30)27(31)15-22/h3-7,12-15,17,19,33-34H,2,8-11,16H2,1H3,(H2,32,36). The first-order chi connectivity index (χ1) is 19.9. The topological polar surface area (TPSA) is 142 Å². The van der Waals surface area contributed by atoms with Gasteiger partial charge in [-0.2, -0.15) is 0 Å². The number of aromatic amines is 1. The third-order valence-electron chi connectivity index (χ3n) is 7.67. The smallest absolute Gasteiger partial charge is 0.250 e. The van der Waals surface area contributed by atoms with Crippen molar-refractivity contribution in [1.29, 1.82) is 0 Å². The summed E-state index contributed by atoms with van der Waals surface area (Å²) in [6.07, 6.45) is 3.12. The molecule has 13 heteroatoms. The van der Waals surface area contributed by atoms with E-state index in [4.69, 9.17) is 5.73 Å². The van der Waals surface area contributed by atoms with Crippen LogP contribution in [0.1, 0.15) is 47.2 Å². The maximum absolute atomic E-state index is 13.6. The van der Waals surface area contributed by atoms with Crippen LogP contribution in [0, 0.1) is 11.6 Å². The number of halogens is 2. The average Bonchev–Trinajstić information content (AvgIpc) is 3.41. The highest BCUT2D eigenvalue weighted by atomic mass is 32.2. The summed E-state index contributed by atoms with van der Waals surface area (Å²) < 4.78 is 80.7. The zero-order valence-electron chi connectivity index (χ0n) is 22.7. The minimum Gasteiger partial charge on any atom is -0.366 e. The maximum Gasteiger partial charge on any atom is 0.250 e. The van der Waals surface area contributed by atoms with Crippen molar-refractivity contribution in [3.05, 3.63) is 89.1 Å². The second-order valence-corrected chi connectivity index (χ2v) is 14.3. The van der Waals surface area contributed by atoms with E-state index in [2.05, 4.69) is 9.71 Å². The van der Waals surface area contributed by atoms with Gasteiger partial charge in [0.2, 0.25) is 20.0 Å². The van der Waals surface area contributed by atoms with Crippen molar-refractivity contribution in [3.8, 4) is 11.1 Å². The van der Waals surface area contributed by atoms with Crippen molar-refractivity contribution in [2.24, 2.45) is 5.73 Å². The number of nitrogens with two attached hydrogens (primary N) is 1. The van der Waals surface area contributed by atoms with Gasteiger partial charge in [0.05, 0.1) is 21.7 Å². The Labute approximate surface area is 242 Å². The molecule has 0 atom stereocenters. The van der Waals surface area contributed by atoms with Crippen molar-refractivity contribution in [2.75, 3.05) is 18.8 Å². The molecule has 3 aromatic carbocycles. The minimum absolute atomic E-state index is 0.0569. The van der Waals surface area contributed by atoms with E-state index in [1.54, 1.807) is 31.2 Å². The van der Waals surface area contributed by atoms with Crippen LogP contribution in [0.25, 0.3) is 22.0 Å². The minimum atomic E-state index is -4.11. The summed E-state index contributed by atoms with van der Waals surface area (Å²) in [7, 11) is -7.38. The number of nitrogens with zero attached hydrogens (tertiary/aromatic N) is 1. The fourth-order valence-corrected chi connectivity index (χ4v) is 7.51. The lowest BCUT2D eigenvalue weighted by atomic mass is 9.88. The Hall–Kier alpha value is -3.65. The number of aromatic nitrogens is 1. The number of benzene rings is 3. The first-order valence-electron chi connectivity index (χ1n) is 13.4. The van der Waals surface area contributed by atoms with Gasteiger partial charge in [0.25, 0.3) is 5.91 Å². The summed E-state index contributed by atoms with van der Waals surface area (Å²) in [6.45, 7) is 2.34. The Morgan fingerprint density at radius 3 is 2.40 bits per heavy atom. The molecule has 9 nitrogen and oxygen atoms in total. The lowest BCUT2D eigenvalue weighted by Gasteiger charge is -2.31. The van der Waals surface area contributed by atoms with E-state index >= 15 is 0 Å². The lowest BCUT2D eigenvalue weighted by molar-refractivity contribution is 0.100. The molecule has 1 amide bonds. The van der Waals surface area contributed by atoms with Crippen LogP contribution in [0.4, 0.5) is 8.78 Å². The van der Waals surface area contributed by atoms with Gasteiger partial charge < -0.3 is 10.7 Å². The van der Waals surface area contributed by atoms with E-state index in [0.717, 1.165) is 23.1 Å². The van der Waals surface area contributed by atoms with Crippen molar-refractivity contribution >= 4 is 36.9 Å². The molecule has 0 spiro atoms. The van der Waals surface area contributed by atoms with Gasteiger partial charge in [-0.1, -0.05) is 18.2 Å². The molecule has 5 rings (SSSR count). The number of carbonyl (C=O) groups is 1. The number of hydrogen-bond acceptors (Lipinski definition) is 5. The van der Waals surface area contributed by atoms with E-state index in [1.807, 2.05) is 18.3 Å². The molecule has 0 aliphatic carbocycles. The molecular formula is C29H30F2N4O5S2. The first-order valence-corrected chi connectivity index (χ1v) is 16.5. The molecule has 222 valence electrons. The number of H-pyrrole nitrogens is 1. The van der Waals surface area contributed by atoms with E-state index < -0.39 is 42.5 Å². The molecule has 0 unspecified atom stereocenters. The molecule has 0 radical (unpaired) electrons. The number of carbonyl (C=O) groups excluding carboxylic acids is 1. The number of amides is 1. The van der Waals surface area contributed by atoms with Crippen LogP contribution in [0.15, 0.2) is 65.7 Å². The highest BCUT2D eigenvalue weighted by Gasteiger charge is 2.29. The highest BCUT2D eigenvalue weighted by Crippen LogP contribution is 2.37. The second kappa shape index (κ2) is 11.6. The summed E-state index contributed by atoms with van der Waals surface area (Å²) in [5.41, 5.74) is 9.59. The molecule has 1 aliphatic rings. The SMILES string of the molecule is CCS(=O)(=O)N1CCC(c2c[nH]c3c(C(N)=O)cc(-c4cccc(CNS(=O)(=O)c5ccc(F)c(F)c5)c4)cc23)CC1. The zero-order chi connectivity index (χ0) is 30.2. The highest BCUT2D eigenvalue weighted by molar-refractivity contribution is 7.89. The second-order valence-electron chi connectivity index (χ2n) is 10.2. The normalized spacial score (nSPS) is 15.3. The Morgan fingerprint density at radius 1 is 1.00 bits per heavy atom. The Morgan fingerprint density at radius 2 is 1.74 bits per heavy atom. The van der Waals surface area contributed by atoms with Gasteiger partial charge in [-0.15, -0.1) is 0 Å². The summed E-state index contributed by atoms with van der Waals surface area (Å²) in [5.74, 6) is -2.89. The number of primary amides is 1. The number of rotatable bonds is 9. The van der Waals surface area contributed by atoms with Gasteiger partial charge in [0.15, 0.2) is 11.6 Å². The molecule has 0 saturated carbocycles. The molecule has 0 bridgehead atoms. The van der Waals surface area contributed by atoms with E-state index in [0.29, 0.717) is 59.8 Å². The summed E-state index contributed by atoms with van der Waals surface area (Å²) in [5, 5.41) is 0.808. The number of sulfonamides is 2. The van der Waals surface area contributed by atoms with Gasteiger partial charge in [-0.25, -0.2) is 34.6 Å². The third kappa shape index (κ3) is 5.95. The van der Waals surface area contributed by atoms with Gasteiger partial charge in [0.1, 0.15) is 0 Å². The fraction of sp³-hybridized carbons (Fsp3) is 0.276. The number of fused-ring (bicyclic) bond motifs is 1. The number of piperidine rings is 1. The van der Waals surface area contributed by atoms with Gasteiger partial charge in [-0.3, -0.25) is 4.79 Å². The van der Waals surface area contributed by atoms with Crippen LogP contribution in [0.5, 0.6) is 0 Å². The van der Waals surface area contributed by atoms with Crippen molar-refractivity contribution < 1.29 is 30.4 Å². The van der Waals surface area contributed by atoms with Crippen molar-refractivity contribution in [3.63, 3.8) is 0 Å². The van der Waals surface area contributed by atoms with Gasteiger partial charge >= 0.3 is 0 Å². The molecule has 1 aliphatic heterocycles. The fourth-order valence-electron chi connectivity index (χ4n) is 5.35. The van der Waals surface area contributed by atoms with Crippen LogP contribution < -0.4 is 10.5 Å². The summed E-state index contributed by atoms with van der Waals surface area (Å²) >= 11 is 0.